The van der Waals surface area contributed by atoms with Crippen LogP contribution < -0.4 is 0 Å². The molecule has 1 N–H and O–H groups in total. The second-order valence-electron chi connectivity index (χ2n) is 13.5. The highest BCUT2D eigenvalue weighted by molar-refractivity contribution is 6.12. The third-order valence-electron chi connectivity index (χ3n) is 9.99. The number of rotatable bonds is 10. The summed E-state index contributed by atoms with van der Waals surface area (Å²) < 4.78 is 0. The molecule has 7 aromatic carbocycles. The van der Waals surface area contributed by atoms with Crippen LogP contribution in [0.15, 0.2) is 193 Å². The number of hydrogen-bond acceptors (Lipinski definition) is 3. The molecule has 1 atom stereocenters. The summed E-state index contributed by atoms with van der Waals surface area (Å²) in [5, 5.41) is 11.1. The van der Waals surface area contributed by atoms with Gasteiger partial charge in [-0.25, -0.2) is 15.0 Å². The van der Waals surface area contributed by atoms with Crippen molar-refractivity contribution in [2.24, 2.45) is 10.9 Å². The van der Waals surface area contributed by atoms with Crippen LogP contribution >= 0.6 is 0 Å². The Hall–Kier alpha value is -6.78. The Morgan fingerprint density at radius 2 is 1.09 bits per heavy atom. The molecule has 0 aliphatic carbocycles. The molecule has 0 saturated carbocycles. The van der Waals surface area contributed by atoms with Crippen molar-refractivity contribution in [1.29, 1.82) is 5.41 Å². The highest BCUT2D eigenvalue weighted by Crippen LogP contribution is 2.39. The lowest BCUT2D eigenvalue weighted by atomic mass is 9.87. The topological polar surface area (TPSA) is 62.0 Å². The number of amidine groups is 1. The standard InChI is InChI=1S/C50H40N4/c1-2-36(48(41-22-11-5-12-23-41)54-49(51)42-24-13-6-14-25-42)33-35-27-29-38(30-28-35)44-32-31-37-17-15-16-26-43(37)47(44)50-52-45(39-18-7-3-8-19-39)34-46(53-50)40-20-9-4-10-21-40/h3-32,34,36,51H,2,33H2,1H3/b51-49?,54-48+. The predicted molar refractivity (Wildman–Crippen MR) is 225 cm³/mol. The van der Waals surface area contributed by atoms with Crippen molar-refractivity contribution in [1.82, 2.24) is 9.97 Å². The molecule has 0 amide bonds. The third-order valence-corrected chi connectivity index (χ3v) is 9.99. The van der Waals surface area contributed by atoms with E-state index in [1.165, 1.54) is 5.56 Å². The van der Waals surface area contributed by atoms with Gasteiger partial charge in [-0.3, -0.25) is 5.41 Å². The van der Waals surface area contributed by atoms with Crippen LogP contribution in [0.3, 0.4) is 0 Å². The molecule has 260 valence electrons. The zero-order valence-electron chi connectivity index (χ0n) is 30.2. The van der Waals surface area contributed by atoms with Crippen molar-refractivity contribution in [3.63, 3.8) is 0 Å². The van der Waals surface area contributed by atoms with E-state index >= 15 is 0 Å². The van der Waals surface area contributed by atoms with Crippen molar-refractivity contribution >= 4 is 22.3 Å². The summed E-state index contributed by atoms with van der Waals surface area (Å²) in [6.07, 6.45) is 1.70. The van der Waals surface area contributed by atoms with Crippen molar-refractivity contribution in [3.05, 3.63) is 205 Å². The second-order valence-corrected chi connectivity index (χ2v) is 13.5. The van der Waals surface area contributed by atoms with E-state index in [-0.39, 0.29) is 11.8 Å². The van der Waals surface area contributed by atoms with Gasteiger partial charge >= 0.3 is 0 Å². The molecular formula is C50H40N4. The van der Waals surface area contributed by atoms with E-state index < -0.39 is 0 Å². The van der Waals surface area contributed by atoms with Crippen LogP contribution in [-0.4, -0.2) is 21.5 Å². The predicted octanol–water partition coefficient (Wildman–Crippen LogP) is 12.4. The first-order chi connectivity index (χ1) is 26.6. The monoisotopic (exact) mass is 696 g/mol. The molecule has 54 heavy (non-hydrogen) atoms. The summed E-state index contributed by atoms with van der Waals surface area (Å²) in [5.74, 6) is 1.10. The molecule has 0 aliphatic rings. The molecule has 1 heterocycles. The van der Waals surface area contributed by atoms with Gasteiger partial charge in [0.1, 0.15) is 0 Å². The Morgan fingerprint density at radius 3 is 1.69 bits per heavy atom. The van der Waals surface area contributed by atoms with E-state index in [9.17, 15) is 0 Å². The van der Waals surface area contributed by atoms with Gasteiger partial charge in [-0.05, 0) is 51.9 Å². The fourth-order valence-corrected chi connectivity index (χ4v) is 7.15. The Kier molecular flexibility index (Phi) is 10.1. The maximum atomic E-state index is 8.86. The first-order valence-electron chi connectivity index (χ1n) is 18.5. The van der Waals surface area contributed by atoms with Crippen LogP contribution in [0, 0.1) is 11.3 Å². The van der Waals surface area contributed by atoms with E-state index in [4.69, 9.17) is 20.4 Å². The van der Waals surface area contributed by atoms with E-state index in [1.807, 2.05) is 60.7 Å². The van der Waals surface area contributed by atoms with Gasteiger partial charge in [0.05, 0.1) is 17.1 Å². The number of aliphatic imine (C=N–C) groups is 1. The van der Waals surface area contributed by atoms with Gasteiger partial charge in [-0.15, -0.1) is 0 Å². The van der Waals surface area contributed by atoms with Crippen LogP contribution in [0.2, 0.25) is 0 Å². The number of hydrogen-bond donors (Lipinski definition) is 1. The SMILES string of the molecule is CCC(Cc1ccc(-c2ccc3ccccc3c2-c2nc(-c3ccccc3)cc(-c3ccccc3)n2)cc1)/C(=N\C(=N)c1ccccc1)c1ccccc1. The van der Waals surface area contributed by atoms with Crippen LogP contribution in [0.5, 0.6) is 0 Å². The third kappa shape index (κ3) is 7.41. The fourth-order valence-electron chi connectivity index (χ4n) is 7.15. The van der Waals surface area contributed by atoms with Gasteiger partial charge in [-0.2, -0.15) is 0 Å². The number of nitrogens with one attached hydrogen (secondary N) is 1. The minimum absolute atomic E-state index is 0.129. The number of aromatic nitrogens is 2. The van der Waals surface area contributed by atoms with Crippen molar-refractivity contribution in [2.45, 2.75) is 19.8 Å². The molecule has 0 aliphatic heterocycles. The molecule has 4 nitrogen and oxygen atoms in total. The van der Waals surface area contributed by atoms with Gasteiger partial charge in [0.15, 0.2) is 11.7 Å². The summed E-state index contributed by atoms with van der Waals surface area (Å²) in [5.41, 5.74) is 11.1. The zero-order valence-corrected chi connectivity index (χ0v) is 30.2. The molecule has 8 rings (SSSR count). The minimum atomic E-state index is 0.129. The molecule has 1 unspecified atom stereocenters. The Labute approximate surface area is 317 Å². The maximum Gasteiger partial charge on any atom is 0.161 e. The van der Waals surface area contributed by atoms with Gasteiger partial charge in [0.2, 0.25) is 0 Å². The summed E-state index contributed by atoms with van der Waals surface area (Å²) in [7, 11) is 0. The summed E-state index contributed by atoms with van der Waals surface area (Å²) in [6.45, 7) is 2.21. The van der Waals surface area contributed by atoms with E-state index in [0.717, 1.165) is 79.7 Å². The zero-order chi connectivity index (χ0) is 36.7. The van der Waals surface area contributed by atoms with Crippen molar-refractivity contribution in [2.75, 3.05) is 0 Å². The number of benzene rings is 7. The van der Waals surface area contributed by atoms with E-state index in [2.05, 4.69) is 134 Å². The van der Waals surface area contributed by atoms with E-state index in [1.54, 1.807) is 0 Å². The van der Waals surface area contributed by atoms with Crippen LogP contribution in [0.25, 0.3) is 55.8 Å². The summed E-state index contributed by atoms with van der Waals surface area (Å²) in [6, 6.07) is 64.6. The lowest BCUT2D eigenvalue weighted by molar-refractivity contribution is 0.663. The molecule has 0 saturated heterocycles. The second kappa shape index (κ2) is 15.9. The average molecular weight is 697 g/mol. The van der Waals surface area contributed by atoms with Gasteiger partial charge in [0, 0.05) is 28.2 Å². The van der Waals surface area contributed by atoms with E-state index in [0.29, 0.717) is 5.82 Å². The Morgan fingerprint density at radius 1 is 0.556 bits per heavy atom. The minimum Gasteiger partial charge on any atom is -0.282 e. The number of nitrogens with zero attached hydrogens (tertiary/aromatic N) is 3. The van der Waals surface area contributed by atoms with Crippen LogP contribution in [-0.2, 0) is 6.42 Å². The molecule has 1 aromatic heterocycles. The molecule has 0 bridgehead atoms. The average Bonchev–Trinajstić information content (AvgIpc) is 3.25. The van der Waals surface area contributed by atoms with Gasteiger partial charge in [-0.1, -0.05) is 189 Å². The lowest BCUT2D eigenvalue weighted by Crippen LogP contribution is -2.20. The quantitative estimate of drug-likeness (QED) is 0.114. The molecule has 4 heteroatoms. The smallest absolute Gasteiger partial charge is 0.161 e. The number of fused-ring (bicyclic) bond motifs is 1. The fraction of sp³-hybridized carbons (Fsp3) is 0.0800. The maximum absolute atomic E-state index is 8.86. The highest BCUT2D eigenvalue weighted by atomic mass is 14.9. The molecule has 8 aromatic rings. The molecule has 0 spiro atoms. The van der Waals surface area contributed by atoms with Crippen LogP contribution in [0.4, 0.5) is 0 Å². The van der Waals surface area contributed by atoms with Gasteiger partial charge < -0.3 is 0 Å². The van der Waals surface area contributed by atoms with Crippen molar-refractivity contribution < 1.29 is 0 Å². The summed E-state index contributed by atoms with van der Waals surface area (Å²) >= 11 is 0. The summed E-state index contributed by atoms with van der Waals surface area (Å²) in [4.78, 5) is 15.5. The molecule has 0 fully saturated rings. The molecular weight excluding hydrogens is 657 g/mol. The highest BCUT2D eigenvalue weighted by Gasteiger charge is 2.20. The largest absolute Gasteiger partial charge is 0.282 e. The van der Waals surface area contributed by atoms with Gasteiger partial charge in [0.25, 0.3) is 0 Å². The first-order valence-corrected chi connectivity index (χ1v) is 18.5. The normalized spacial score (nSPS) is 12.1. The van der Waals surface area contributed by atoms with Crippen molar-refractivity contribution in [3.8, 4) is 45.0 Å². The Bertz CT molecular complexity index is 2490. The first kappa shape index (κ1) is 34.3. The molecule has 0 radical (unpaired) electrons. The van der Waals surface area contributed by atoms with Crippen LogP contribution in [0.1, 0.15) is 30.0 Å². The lowest BCUT2D eigenvalue weighted by Gasteiger charge is -2.19. The Balaban J connectivity index is 1.19.